The van der Waals surface area contributed by atoms with Crippen LogP contribution in [-0.2, 0) is 0 Å². The number of carbonyl (C=O) groups excluding carboxylic acids is 1. The summed E-state index contributed by atoms with van der Waals surface area (Å²) in [6.45, 7) is 0. The van der Waals surface area contributed by atoms with E-state index in [2.05, 4.69) is 15.3 Å². The maximum Gasteiger partial charge on any atom is 0.271 e. The van der Waals surface area contributed by atoms with Gasteiger partial charge < -0.3 is 5.32 Å². The molecule has 0 atom stereocenters. The molecule has 0 aliphatic heterocycles. The van der Waals surface area contributed by atoms with Crippen molar-refractivity contribution in [1.29, 1.82) is 0 Å². The van der Waals surface area contributed by atoms with Crippen LogP contribution in [0.5, 0.6) is 0 Å². The van der Waals surface area contributed by atoms with Gasteiger partial charge in [0, 0.05) is 18.2 Å². The van der Waals surface area contributed by atoms with E-state index in [1.54, 1.807) is 6.20 Å². The number of hydrogen-bond donors (Lipinski definition) is 1. The predicted octanol–water partition coefficient (Wildman–Crippen LogP) is 4.76. The van der Waals surface area contributed by atoms with Crippen molar-refractivity contribution >= 4 is 5.91 Å². The summed E-state index contributed by atoms with van der Waals surface area (Å²) in [7, 11) is 0. The lowest BCUT2D eigenvalue weighted by Crippen LogP contribution is -2.35. The SMILES string of the molecule is O=C(NC1CCCCCCCCC1)c1cncc(C2CCCC2)n1. The van der Waals surface area contributed by atoms with Gasteiger partial charge in [-0.25, -0.2) is 4.98 Å². The van der Waals surface area contributed by atoms with Crippen LogP contribution in [0.3, 0.4) is 0 Å². The van der Waals surface area contributed by atoms with E-state index >= 15 is 0 Å². The molecule has 2 aliphatic carbocycles. The van der Waals surface area contributed by atoms with Crippen LogP contribution in [0.1, 0.15) is 106 Å². The monoisotopic (exact) mass is 329 g/mol. The van der Waals surface area contributed by atoms with Gasteiger partial charge >= 0.3 is 0 Å². The Morgan fingerprint density at radius 1 is 0.833 bits per heavy atom. The minimum atomic E-state index is -0.0376. The molecular formula is C20H31N3O. The number of aromatic nitrogens is 2. The molecule has 1 aromatic rings. The molecule has 24 heavy (non-hydrogen) atoms. The van der Waals surface area contributed by atoms with E-state index in [1.807, 2.05) is 6.20 Å². The summed E-state index contributed by atoms with van der Waals surface area (Å²) in [6, 6.07) is 0.299. The minimum Gasteiger partial charge on any atom is -0.348 e. The molecule has 3 rings (SSSR count). The van der Waals surface area contributed by atoms with Gasteiger partial charge in [-0.15, -0.1) is 0 Å². The fraction of sp³-hybridized carbons (Fsp3) is 0.750. The maximum absolute atomic E-state index is 12.6. The van der Waals surface area contributed by atoms with Gasteiger partial charge in [0.25, 0.3) is 5.91 Å². The molecule has 4 heteroatoms. The Balaban J connectivity index is 1.59. The highest BCUT2D eigenvalue weighted by molar-refractivity contribution is 5.92. The van der Waals surface area contributed by atoms with Gasteiger partial charge in [0.1, 0.15) is 5.69 Å². The van der Waals surface area contributed by atoms with E-state index in [9.17, 15) is 4.79 Å². The molecule has 0 unspecified atom stereocenters. The molecular weight excluding hydrogens is 298 g/mol. The Morgan fingerprint density at radius 2 is 1.42 bits per heavy atom. The number of rotatable bonds is 3. The summed E-state index contributed by atoms with van der Waals surface area (Å²) in [6.07, 6.45) is 19.7. The lowest BCUT2D eigenvalue weighted by atomic mass is 9.97. The highest BCUT2D eigenvalue weighted by Crippen LogP contribution is 2.32. The van der Waals surface area contributed by atoms with Crippen molar-refractivity contribution < 1.29 is 4.79 Å². The van der Waals surface area contributed by atoms with Crippen molar-refractivity contribution in [2.45, 2.75) is 95.4 Å². The third-order valence-electron chi connectivity index (χ3n) is 5.60. The van der Waals surface area contributed by atoms with Crippen molar-refractivity contribution in [2.75, 3.05) is 0 Å². The first-order valence-electron chi connectivity index (χ1n) is 9.96. The largest absolute Gasteiger partial charge is 0.348 e. The quantitative estimate of drug-likeness (QED) is 0.870. The smallest absolute Gasteiger partial charge is 0.271 e. The molecule has 4 nitrogen and oxygen atoms in total. The second-order valence-corrected chi connectivity index (χ2v) is 7.53. The number of nitrogens with one attached hydrogen (secondary N) is 1. The fourth-order valence-corrected chi connectivity index (χ4v) is 4.12. The average molecular weight is 329 g/mol. The van der Waals surface area contributed by atoms with Gasteiger partial charge in [0.15, 0.2) is 0 Å². The summed E-state index contributed by atoms with van der Waals surface area (Å²) in [5.74, 6) is 0.461. The normalized spacial score (nSPS) is 21.5. The lowest BCUT2D eigenvalue weighted by molar-refractivity contribution is 0.0925. The Hall–Kier alpha value is -1.45. The van der Waals surface area contributed by atoms with Gasteiger partial charge in [-0.3, -0.25) is 9.78 Å². The molecule has 2 fully saturated rings. The third-order valence-corrected chi connectivity index (χ3v) is 5.60. The molecule has 0 saturated heterocycles. The van der Waals surface area contributed by atoms with Crippen molar-refractivity contribution in [1.82, 2.24) is 15.3 Å². The van der Waals surface area contributed by atoms with E-state index in [1.165, 1.54) is 70.6 Å². The molecule has 2 aliphatic rings. The van der Waals surface area contributed by atoms with Gasteiger partial charge in [0.2, 0.25) is 0 Å². The molecule has 1 heterocycles. The summed E-state index contributed by atoms with van der Waals surface area (Å²) in [5.41, 5.74) is 1.50. The first-order valence-corrected chi connectivity index (χ1v) is 9.96. The zero-order valence-electron chi connectivity index (χ0n) is 14.8. The van der Waals surface area contributed by atoms with Crippen LogP contribution in [-0.4, -0.2) is 21.9 Å². The predicted molar refractivity (Wildman–Crippen MR) is 96.0 cm³/mol. The number of carbonyl (C=O) groups is 1. The zero-order chi connectivity index (χ0) is 16.6. The third kappa shape index (κ3) is 5.02. The first kappa shape index (κ1) is 17.4. The lowest BCUT2D eigenvalue weighted by Gasteiger charge is -2.20. The summed E-state index contributed by atoms with van der Waals surface area (Å²) in [4.78, 5) is 21.5. The first-order chi connectivity index (χ1) is 11.8. The van der Waals surface area contributed by atoms with Crippen molar-refractivity contribution in [2.24, 2.45) is 0 Å². The highest BCUT2D eigenvalue weighted by atomic mass is 16.1. The molecule has 1 aromatic heterocycles. The van der Waals surface area contributed by atoms with Crippen LogP contribution in [0, 0.1) is 0 Å². The van der Waals surface area contributed by atoms with Crippen LogP contribution in [0.25, 0.3) is 0 Å². The molecule has 0 bridgehead atoms. The highest BCUT2D eigenvalue weighted by Gasteiger charge is 2.21. The number of nitrogens with zero attached hydrogens (tertiary/aromatic N) is 2. The van der Waals surface area contributed by atoms with Crippen LogP contribution in [0.4, 0.5) is 0 Å². The van der Waals surface area contributed by atoms with Crippen molar-refractivity contribution in [3.05, 3.63) is 23.8 Å². The molecule has 132 valence electrons. The van der Waals surface area contributed by atoms with E-state index in [-0.39, 0.29) is 5.91 Å². The average Bonchev–Trinajstić information content (AvgIpc) is 3.15. The molecule has 0 spiro atoms. The van der Waals surface area contributed by atoms with Gasteiger partial charge in [-0.05, 0) is 25.7 Å². The standard InChI is InChI=1S/C20H31N3O/c24-20(22-17-12-6-4-2-1-3-5-7-13-17)19-15-21-14-18(23-19)16-10-8-9-11-16/h14-17H,1-13H2,(H,22,24). The van der Waals surface area contributed by atoms with E-state index in [0.29, 0.717) is 17.7 Å². The van der Waals surface area contributed by atoms with Crippen molar-refractivity contribution in [3.63, 3.8) is 0 Å². The second-order valence-electron chi connectivity index (χ2n) is 7.53. The molecule has 0 aromatic carbocycles. The minimum absolute atomic E-state index is 0.0376. The Bertz CT molecular complexity index is 515. The molecule has 1 N–H and O–H groups in total. The molecule has 2 saturated carbocycles. The molecule has 0 radical (unpaired) electrons. The molecule has 1 amide bonds. The summed E-state index contributed by atoms with van der Waals surface area (Å²) < 4.78 is 0. The van der Waals surface area contributed by atoms with Gasteiger partial charge in [-0.2, -0.15) is 0 Å². The summed E-state index contributed by atoms with van der Waals surface area (Å²) in [5, 5.41) is 3.23. The fourth-order valence-electron chi connectivity index (χ4n) is 4.12. The zero-order valence-corrected chi connectivity index (χ0v) is 14.8. The van der Waals surface area contributed by atoms with Crippen LogP contribution in [0.2, 0.25) is 0 Å². The van der Waals surface area contributed by atoms with Gasteiger partial charge in [-0.1, -0.05) is 57.8 Å². The second kappa shape index (κ2) is 9.14. The topological polar surface area (TPSA) is 54.9 Å². The van der Waals surface area contributed by atoms with Crippen LogP contribution >= 0.6 is 0 Å². The number of hydrogen-bond acceptors (Lipinski definition) is 3. The Labute approximate surface area is 145 Å². The van der Waals surface area contributed by atoms with Crippen LogP contribution < -0.4 is 5.32 Å². The Morgan fingerprint density at radius 3 is 2.08 bits per heavy atom. The Kier molecular flexibility index (Phi) is 6.62. The van der Waals surface area contributed by atoms with Gasteiger partial charge in [0.05, 0.1) is 11.9 Å². The van der Waals surface area contributed by atoms with E-state index in [0.717, 1.165) is 18.5 Å². The van der Waals surface area contributed by atoms with E-state index in [4.69, 9.17) is 0 Å². The van der Waals surface area contributed by atoms with E-state index < -0.39 is 0 Å². The maximum atomic E-state index is 12.6. The van der Waals surface area contributed by atoms with Crippen molar-refractivity contribution in [3.8, 4) is 0 Å². The number of amides is 1. The summed E-state index contributed by atoms with van der Waals surface area (Å²) >= 11 is 0. The van der Waals surface area contributed by atoms with Crippen LogP contribution in [0.15, 0.2) is 12.4 Å².